The highest BCUT2D eigenvalue weighted by Gasteiger charge is 2.17. The number of aromatic amines is 2. The molecule has 0 fully saturated rings. The molecule has 6 nitrogen and oxygen atoms in total. The molecule has 0 bridgehead atoms. The molecule has 3 N–H and O–H groups in total. The molecule has 0 radical (unpaired) electrons. The molecule has 2 aromatic carbocycles. The predicted octanol–water partition coefficient (Wildman–Crippen LogP) is 4.19. The van der Waals surface area contributed by atoms with Crippen LogP contribution in [0.3, 0.4) is 0 Å². The van der Waals surface area contributed by atoms with Crippen molar-refractivity contribution < 1.29 is 4.79 Å². The molecule has 0 aliphatic heterocycles. The van der Waals surface area contributed by atoms with Crippen LogP contribution in [0.25, 0.3) is 21.9 Å². The second-order valence-electron chi connectivity index (χ2n) is 8.43. The Bertz CT molecular complexity index is 1280. The fraction of sp³-hybridized carbons (Fsp3) is 0.261. The van der Waals surface area contributed by atoms with E-state index in [4.69, 9.17) is 4.98 Å². The molecule has 4 aromatic rings. The number of imidazole rings is 1. The van der Waals surface area contributed by atoms with E-state index in [0.717, 1.165) is 33.2 Å². The lowest BCUT2D eigenvalue weighted by Gasteiger charge is -2.18. The summed E-state index contributed by atoms with van der Waals surface area (Å²) in [7, 11) is 0. The minimum absolute atomic E-state index is 0.0233. The summed E-state index contributed by atoms with van der Waals surface area (Å²) in [6, 6.07) is 15.0. The number of aromatic nitrogens is 3. The van der Waals surface area contributed by atoms with Gasteiger partial charge < -0.3 is 15.3 Å². The Labute approximate surface area is 168 Å². The van der Waals surface area contributed by atoms with Crippen LogP contribution in [-0.4, -0.2) is 20.9 Å². The highest BCUT2D eigenvalue weighted by atomic mass is 16.2. The number of nitrogens with zero attached hydrogens (tertiary/aromatic N) is 1. The van der Waals surface area contributed by atoms with Crippen LogP contribution in [0.15, 0.2) is 53.3 Å². The van der Waals surface area contributed by atoms with Crippen molar-refractivity contribution in [3.63, 3.8) is 0 Å². The zero-order valence-electron chi connectivity index (χ0n) is 17.0. The van der Waals surface area contributed by atoms with Crippen molar-refractivity contribution in [2.45, 2.75) is 39.2 Å². The second kappa shape index (κ2) is 6.88. The quantitative estimate of drug-likeness (QED) is 0.491. The normalized spacial score (nSPS) is 13.0. The van der Waals surface area contributed by atoms with Crippen molar-refractivity contribution in [2.24, 2.45) is 0 Å². The number of pyridine rings is 1. The third-order valence-electron chi connectivity index (χ3n) is 5.11. The Morgan fingerprint density at radius 2 is 1.76 bits per heavy atom. The molecule has 0 aliphatic rings. The second-order valence-corrected chi connectivity index (χ2v) is 8.43. The molecule has 0 aliphatic carbocycles. The number of nitrogens with one attached hydrogen (secondary N) is 3. The molecule has 1 unspecified atom stereocenters. The van der Waals surface area contributed by atoms with Gasteiger partial charge in [0.1, 0.15) is 0 Å². The van der Waals surface area contributed by atoms with E-state index < -0.39 is 0 Å². The molecule has 2 heterocycles. The molecule has 0 saturated heterocycles. The zero-order valence-corrected chi connectivity index (χ0v) is 17.0. The monoisotopic (exact) mass is 388 g/mol. The van der Waals surface area contributed by atoms with Crippen molar-refractivity contribution in [3.8, 4) is 0 Å². The zero-order chi connectivity index (χ0) is 20.8. The Balaban J connectivity index is 1.56. The van der Waals surface area contributed by atoms with E-state index in [2.05, 4.69) is 36.1 Å². The van der Waals surface area contributed by atoms with Crippen LogP contribution < -0.4 is 11.0 Å². The van der Waals surface area contributed by atoms with Crippen molar-refractivity contribution in [2.75, 3.05) is 0 Å². The van der Waals surface area contributed by atoms with E-state index in [1.807, 2.05) is 49.4 Å². The number of hydrogen-bond donors (Lipinski definition) is 3. The first-order valence-electron chi connectivity index (χ1n) is 9.65. The van der Waals surface area contributed by atoms with Crippen LogP contribution in [0.1, 0.15) is 55.4 Å². The van der Waals surface area contributed by atoms with Crippen molar-refractivity contribution in [3.05, 3.63) is 75.8 Å². The molecular formula is C23H24N4O2. The summed E-state index contributed by atoms with van der Waals surface area (Å²) < 4.78 is 0. The molecule has 2 aromatic heterocycles. The summed E-state index contributed by atoms with van der Waals surface area (Å²) in [6.07, 6.45) is 0. The minimum Gasteiger partial charge on any atom is -0.346 e. The summed E-state index contributed by atoms with van der Waals surface area (Å²) >= 11 is 0. The molecule has 1 atom stereocenters. The van der Waals surface area contributed by atoms with Crippen LogP contribution in [0.2, 0.25) is 0 Å². The van der Waals surface area contributed by atoms with Crippen LogP contribution in [0.5, 0.6) is 0 Å². The molecule has 4 rings (SSSR count). The summed E-state index contributed by atoms with van der Waals surface area (Å²) in [5.41, 5.74) is 4.61. The number of H-pyrrole nitrogens is 2. The first-order valence-corrected chi connectivity index (χ1v) is 9.65. The first-order chi connectivity index (χ1) is 13.7. The first kappa shape index (κ1) is 18.9. The van der Waals surface area contributed by atoms with Gasteiger partial charge in [0.15, 0.2) is 0 Å². The van der Waals surface area contributed by atoms with E-state index in [0.29, 0.717) is 5.56 Å². The lowest BCUT2D eigenvalue weighted by molar-refractivity contribution is 0.0940. The van der Waals surface area contributed by atoms with Gasteiger partial charge in [0.2, 0.25) is 0 Å². The van der Waals surface area contributed by atoms with Gasteiger partial charge >= 0.3 is 5.69 Å². The van der Waals surface area contributed by atoms with E-state index >= 15 is 0 Å². The van der Waals surface area contributed by atoms with Gasteiger partial charge in [0.25, 0.3) is 5.91 Å². The summed E-state index contributed by atoms with van der Waals surface area (Å²) in [4.78, 5) is 34.4. The van der Waals surface area contributed by atoms with Gasteiger partial charge in [-0.05, 0) is 48.9 Å². The maximum Gasteiger partial charge on any atom is 0.323 e. The van der Waals surface area contributed by atoms with Gasteiger partial charge in [-0.3, -0.25) is 9.78 Å². The van der Waals surface area contributed by atoms with E-state index in [-0.39, 0.29) is 23.1 Å². The molecule has 29 heavy (non-hydrogen) atoms. The highest BCUT2D eigenvalue weighted by Crippen LogP contribution is 2.24. The highest BCUT2D eigenvalue weighted by molar-refractivity contribution is 5.98. The predicted molar refractivity (Wildman–Crippen MR) is 115 cm³/mol. The fourth-order valence-electron chi connectivity index (χ4n) is 3.37. The van der Waals surface area contributed by atoms with Crippen LogP contribution in [0.4, 0.5) is 0 Å². The van der Waals surface area contributed by atoms with Crippen LogP contribution >= 0.6 is 0 Å². The maximum absolute atomic E-state index is 12.8. The molecule has 0 saturated carbocycles. The smallest absolute Gasteiger partial charge is 0.323 e. The number of amides is 1. The van der Waals surface area contributed by atoms with Gasteiger partial charge in [0, 0.05) is 22.1 Å². The number of carbonyl (C=O) groups is 1. The third-order valence-corrected chi connectivity index (χ3v) is 5.11. The summed E-state index contributed by atoms with van der Waals surface area (Å²) in [5, 5.41) is 3.96. The van der Waals surface area contributed by atoms with Gasteiger partial charge in [-0.2, -0.15) is 0 Å². The molecule has 0 spiro atoms. The van der Waals surface area contributed by atoms with Gasteiger partial charge in [0.05, 0.1) is 22.6 Å². The van der Waals surface area contributed by atoms with Crippen molar-refractivity contribution in [1.82, 2.24) is 20.3 Å². The maximum atomic E-state index is 12.8. The van der Waals surface area contributed by atoms with Crippen LogP contribution in [-0.2, 0) is 5.41 Å². The Hall–Kier alpha value is -3.41. The standard InChI is InChI=1S/C23H24N4O2/c1-13(14-5-9-18-19(12-14)27-22(29)26-18)24-21(28)16-6-8-17-15(11-16)7-10-20(25-17)23(2,3)4/h5-13H,1-4H3,(H,24,28)(H2,26,27,29). The number of fused-ring (bicyclic) bond motifs is 2. The Morgan fingerprint density at radius 3 is 2.52 bits per heavy atom. The summed E-state index contributed by atoms with van der Waals surface area (Å²) in [6.45, 7) is 8.31. The lowest BCUT2D eigenvalue weighted by Crippen LogP contribution is -2.26. The average molecular weight is 388 g/mol. The average Bonchev–Trinajstić information content (AvgIpc) is 3.05. The topological polar surface area (TPSA) is 90.6 Å². The summed E-state index contributed by atoms with van der Waals surface area (Å²) in [5.74, 6) is -0.151. The number of rotatable bonds is 3. The third kappa shape index (κ3) is 3.78. The van der Waals surface area contributed by atoms with Gasteiger partial charge in [-0.1, -0.05) is 32.9 Å². The molecule has 6 heteroatoms. The number of carbonyl (C=O) groups excluding carboxylic acids is 1. The molecule has 1 amide bonds. The number of hydrogen-bond acceptors (Lipinski definition) is 3. The van der Waals surface area contributed by atoms with Crippen LogP contribution in [0, 0.1) is 0 Å². The van der Waals surface area contributed by atoms with E-state index in [9.17, 15) is 9.59 Å². The molecular weight excluding hydrogens is 364 g/mol. The Kier molecular flexibility index (Phi) is 4.49. The van der Waals surface area contributed by atoms with Crippen molar-refractivity contribution in [1.29, 1.82) is 0 Å². The van der Waals surface area contributed by atoms with Gasteiger partial charge in [-0.15, -0.1) is 0 Å². The van der Waals surface area contributed by atoms with Gasteiger partial charge in [-0.25, -0.2) is 4.79 Å². The largest absolute Gasteiger partial charge is 0.346 e. The SMILES string of the molecule is CC(NC(=O)c1ccc2nc(C(C)(C)C)ccc2c1)c1ccc2[nH]c(=O)[nH]c2c1. The molecule has 148 valence electrons. The van der Waals surface area contributed by atoms with E-state index in [1.165, 1.54) is 0 Å². The number of benzene rings is 2. The minimum atomic E-state index is -0.242. The van der Waals surface area contributed by atoms with Crippen molar-refractivity contribution >= 4 is 27.8 Å². The fourth-order valence-corrected chi connectivity index (χ4v) is 3.37. The van der Waals surface area contributed by atoms with E-state index in [1.54, 1.807) is 6.07 Å². The Morgan fingerprint density at radius 1 is 1.00 bits per heavy atom. The lowest BCUT2D eigenvalue weighted by atomic mass is 9.91.